The molecule has 3 heterocycles. The minimum atomic E-state index is -0.359. The van der Waals surface area contributed by atoms with Gasteiger partial charge in [0.1, 0.15) is 0 Å². The van der Waals surface area contributed by atoms with Crippen LogP contribution in [0.3, 0.4) is 0 Å². The van der Waals surface area contributed by atoms with E-state index in [1.165, 1.54) is 0 Å². The molecule has 0 aliphatic carbocycles. The van der Waals surface area contributed by atoms with E-state index in [4.69, 9.17) is 0 Å². The van der Waals surface area contributed by atoms with E-state index in [2.05, 4.69) is 36.3 Å². The summed E-state index contributed by atoms with van der Waals surface area (Å²) in [7, 11) is 0. The molecule has 0 bridgehead atoms. The minimum absolute atomic E-state index is 0.0364. The lowest BCUT2D eigenvalue weighted by Gasteiger charge is -2.19. The van der Waals surface area contributed by atoms with E-state index in [1.807, 2.05) is 67.6 Å². The SMILES string of the molecule is CC1CC(=O)NN=C1c1ccc(NC(=O)Nc2ccc3c(/C=C/c4ccccn4)n[nH]c3c2)cc1. The van der Waals surface area contributed by atoms with Crippen LogP contribution in [0.25, 0.3) is 23.1 Å². The molecule has 0 saturated heterocycles. The number of nitrogens with zero attached hydrogens (tertiary/aromatic N) is 3. The van der Waals surface area contributed by atoms with Gasteiger partial charge in [-0.2, -0.15) is 10.2 Å². The molecule has 2 aromatic carbocycles. The van der Waals surface area contributed by atoms with Crippen LogP contribution in [0.1, 0.15) is 30.3 Å². The van der Waals surface area contributed by atoms with Gasteiger partial charge in [0.25, 0.3) is 0 Å². The second-order valence-electron chi connectivity index (χ2n) is 8.25. The number of urea groups is 1. The molecule has 5 rings (SSSR count). The molecule has 9 nitrogen and oxygen atoms in total. The smallest absolute Gasteiger partial charge is 0.308 e. The monoisotopic (exact) mass is 465 g/mol. The fraction of sp³-hybridized carbons (Fsp3) is 0.115. The molecule has 0 spiro atoms. The van der Waals surface area contributed by atoms with Gasteiger partial charge < -0.3 is 10.6 Å². The van der Waals surface area contributed by atoms with E-state index in [0.29, 0.717) is 17.8 Å². The summed E-state index contributed by atoms with van der Waals surface area (Å²) < 4.78 is 0. The van der Waals surface area contributed by atoms with Gasteiger partial charge in [0.15, 0.2) is 0 Å². The Labute approximate surface area is 201 Å². The van der Waals surface area contributed by atoms with Crippen LogP contribution in [-0.4, -0.2) is 32.8 Å². The summed E-state index contributed by atoms with van der Waals surface area (Å²) in [4.78, 5) is 28.2. The maximum absolute atomic E-state index is 12.5. The van der Waals surface area contributed by atoms with Gasteiger partial charge in [-0.3, -0.25) is 14.9 Å². The summed E-state index contributed by atoms with van der Waals surface area (Å²) in [5, 5.41) is 18.1. The van der Waals surface area contributed by atoms with Crippen LogP contribution in [0.2, 0.25) is 0 Å². The number of hydrogen-bond donors (Lipinski definition) is 4. The first-order valence-corrected chi connectivity index (χ1v) is 11.2. The van der Waals surface area contributed by atoms with Gasteiger partial charge in [-0.1, -0.05) is 25.1 Å². The summed E-state index contributed by atoms with van der Waals surface area (Å²) >= 11 is 0. The zero-order chi connectivity index (χ0) is 24.2. The molecule has 2 aromatic heterocycles. The average Bonchev–Trinajstić information content (AvgIpc) is 3.26. The summed E-state index contributed by atoms with van der Waals surface area (Å²) in [6.45, 7) is 1.97. The Morgan fingerprint density at radius 1 is 1.03 bits per heavy atom. The van der Waals surface area contributed by atoms with Crippen molar-refractivity contribution in [2.24, 2.45) is 11.0 Å². The first-order valence-electron chi connectivity index (χ1n) is 11.2. The maximum Gasteiger partial charge on any atom is 0.323 e. The second kappa shape index (κ2) is 9.60. The number of hydrogen-bond acceptors (Lipinski definition) is 5. The molecule has 0 saturated carbocycles. The van der Waals surface area contributed by atoms with Crippen LogP contribution in [0.5, 0.6) is 0 Å². The van der Waals surface area contributed by atoms with E-state index in [-0.39, 0.29) is 17.9 Å². The van der Waals surface area contributed by atoms with Gasteiger partial charge in [0.05, 0.1) is 22.6 Å². The third kappa shape index (κ3) is 5.09. The molecule has 1 unspecified atom stereocenters. The number of aromatic nitrogens is 3. The number of H-pyrrole nitrogens is 1. The molecule has 1 aliphatic heterocycles. The number of rotatable bonds is 5. The van der Waals surface area contributed by atoms with Gasteiger partial charge in [-0.25, -0.2) is 10.2 Å². The molecule has 4 aromatic rings. The van der Waals surface area contributed by atoms with E-state index in [1.54, 1.807) is 18.3 Å². The molecule has 0 fully saturated rings. The van der Waals surface area contributed by atoms with Crippen molar-refractivity contribution in [2.75, 3.05) is 10.6 Å². The van der Waals surface area contributed by atoms with Crippen molar-refractivity contribution in [1.29, 1.82) is 0 Å². The first-order chi connectivity index (χ1) is 17.0. The minimum Gasteiger partial charge on any atom is -0.308 e. The van der Waals surface area contributed by atoms with Crippen molar-refractivity contribution in [3.63, 3.8) is 0 Å². The number of amides is 3. The lowest BCUT2D eigenvalue weighted by Crippen LogP contribution is -2.31. The Kier molecular flexibility index (Phi) is 6.04. The molecular weight excluding hydrogens is 442 g/mol. The molecule has 1 aliphatic rings. The number of nitrogens with one attached hydrogen (secondary N) is 4. The Morgan fingerprint density at radius 3 is 2.60 bits per heavy atom. The Balaban J connectivity index is 1.23. The van der Waals surface area contributed by atoms with Crippen molar-refractivity contribution < 1.29 is 9.59 Å². The third-order valence-electron chi connectivity index (χ3n) is 5.65. The van der Waals surface area contributed by atoms with E-state index in [0.717, 1.165) is 33.6 Å². The second-order valence-corrected chi connectivity index (χ2v) is 8.25. The van der Waals surface area contributed by atoms with Crippen LogP contribution in [0.4, 0.5) is 16.2 Å². The quantitative estimate of drug-likeness (QED) is 0.343. The van der Waals surface area contributed by atoms with Crippen LogP contribution in [0, 0.1) is 5.92 Å². The number of benzene rings is 2. The van der Waals surface area contributed by atoms with Crippen molar-refractivity contribution in [3.05, 3.63) is 83.8 Å². The number of hydrazone groups is 1. The van der Waals surface area contributed by atoms with Crippen LogP contribution in [-0.2, 0) is 4.79 Å². The highest BCUT2D eigenvalue weighted by atomic mass is 16.2. The molecule has 0 radical (unpaired) electrons. The van der Waals surface area contributed by atoms with Crippen molar-refractivity contribution in [2.45, 2.75) is 13.3 Å². The predicted octanol–water partition coefficient (Wildman–Crippen LogP) is 4.63. The van der Waals surface area contributed by atoms with Gasteiger partial charge in [-0.05, 0) is 60.2 Å². The molecule has 35 heavy (non-hydrogen) atoms. The van der Waals surface area contributed by atoms with Crippen LogP contribution in [0.15, 0.2) is 72.0 Å². The summed E-state index contributed by atoms with van der Waals surface area (Å²) in [6, 6.07) is 18.3. The lowest BCUT2D eigenvalue weighted by molar-refractivity contribution is -0.121. The van der Waals surface area contributed by atoms with Crippen molar-refractivity contribution >= 4 is 52.1 Å². The zero-order valence-electron chi connectivity index (χ0n) is 18.9. The number of pyridine rings is 1. The standard InChI is InChI=1S/C26H23N7O2/c1-16-14-24(34)32-33-25(16)17-5-7-19(8-6-17)28-26(35)29-20-9-11-21-22(30-31-23(21)15-20)12-10-18-4-2-3-13-27-18/h2-13,15-16H,14H2,1H3,(H,30,31)(H,32,34)(H2,28,29,35)/b12-10+. The van der Waals surface area contributed by atoms with E-state index < -0.39 is 0 Å². The molecule has 3 amide bonds. The fourth-order valence-corrected chi connectivity index (χ4v) is 3.90. The summed E-state index contributed by atoms with van der Waals surface area (Å²) in [5.41, 5.74) is 7.97. The summed E-state index contributed by atoms with van der Waals surface area (Å²) in [6.07, 6.45) is 5.95. The highest BCUT2D eigenvalue weighted by molar-refractivity contribution is 6.06. The Hall–Kier alpha value is -4.79. The van der Waals surface area contributed by atoms with Gasteiger partial charge in [0, 0.05) is 35.3 Å². The highest BCUT2D eigenvalue weighted by Crippen LogP contribution is 2.22. The van der Waals surface area contributed by atoms with Gasteiger partial charge >= 0.3 is 6.03 Å². The van der Waals surface area contributed by atoms with Crippen molar-refractivity contribution in [1.82, 2.24) is 20.6 Å². The molecule has 9 heteroatoms. The number of aromatic amines is 1. The molecule has 4 N–H and O–H groups in total. The van der Waals surface area contributed by atoms with E-state index >= 15 is 0 Å². The molecule has 1 atom stereocenters. The van der Waals surface area contributed by atoms with Gasteiger partial charge in [-0.15, -0.1) is 0 Å². The Morgan fingerprint density at radius 2 is 1.83 bits per heavy atom. The van der Waals surface area contributed by atoms with Crippen LogP contribution < -0.4 is 16.1 Å². The highest BCUT2D eigenvalue weighted by Gasteiger charge is 2.21. The largest absolute Gasteiger partial charge is 0.323 e. The summed E-state index contributed by atoms with van der Waals surface area (Å²) in [5.74, 6) is -0.0454. The first kappa shape index (κ1) is 22.0. The fourth-order valence-electron chi connectivity index (χ4n) is 3.90. The molecule has 174 valence electrons. The third-order valence-corrected chi connectivity index (χ3v) is 5.65. The van der Waals surface area contributed by atoms with Crippen molar-refractivity contribution in [3.8, 4) is 0 Å². The topological polar surface area (TPSA) is 124 Å². The number of anilines is 2. The maximum atomic E-state index is 12.5. The van der Waals surface area contributed by atoms with E-state index in [9.17, 15) is 9.59 Å². The normalized spacial score (nSPS) is 15.6. The molecular formula is C26H23N7O2. The zero-order valence-corrected chi connectivity index (χ0v) is 18.9. The Bertz CT molecular complexity index is 1440. The number of fused-ring (bicyclic) bond motifs is 1. The predicted molar refractivity (Wildman–Crippen MR) is 137 cm³/mol. The number of carbonyl (C=O) groups excluding carboxylic acids is 2. The van der Waals surface area contributed by atoms with Gasteiger partial charge in [0.2, 0.25) is 5.91 Å². The van der Waals surface area contributed by atoms with Crippen LogP contribution >= 0.6 is 0 Å². The average molecular weight is 466 g/mol. The lowest BCUT2D eigenvalue weighted by atomic mass is 9.94. The number of carbonyl (C=O) groups is 2.